The van der Waals surface area contributed by atoms with E-state index in [1.165, 1.54) is 18.4 Å². The molecule has 94 valence electrons. The zero-order valence-electron chi connectivity index (χ0n) is 9.72. The zero-order chi connectivity index (χ0) is 12.1. The van der Waals surface area contributed by atoms with Crippen molar-refractivity contribution in [2.75, 3.05) is 19.8 Å². The highest BCUT2D eigenvalue weighted by Gasteiger charge is 2.14. The van der Waals surface area contributed by atoms with Gasteiger partial charge >= 0.3 is 0 Å². The number of benzene rings is 1. The van der Waals surface area contributed by atoms with Gasteiger partial charge in [0.05, 0.1) is 5.02 Å². The molecule has 0 bridgehead atoms. The predicted octanol–water partition coefficient (Wildman–Crippen LogP) is 3.62. The molecule has 1 unspecified atom stereocenters. The van der Waals surface area contributed by atoms with Crippen LogP contribution in [0.4, 0.5) is 0 Å². The smallest absolute Gasteiger partial charge is 0.0548 e. The summed E-state index contributed by atoms with van der Waals surface area (Å²) in [5, 5.41) is 4.22. The van der Waals surface area contributed by atoms with E-state index >= 15 is 0 Å². The maximum Gasteiger partial charge on any atom is 0.0548 e. The first-order valence-electron chi connectivity index (χ1n) is 5.98. The standard InChI is InChI=1S/C13H17BrClNO/c14-12-7-11(1-2-13(12)15)8-16-5-3-10-4-6-17-9-10/h1-2,7,10,16H,3-6,8-9H2. The molecule has 1 atom stereocenters. The third-order valence-corrected chi connectivity index (χ3v) is 4.28. The van der Waals surface area contributed by atoms with Crippen molar-refractivity contribution in [3.63, 3.8) is 0 Å². The van der Waals surface area contributed by atoms with Crippen molar-refractivity contribution >= 4 is 27.5 Å². The van der Waals surface area contributed by atoms with Crippen LogP contribution < -0.4 is 5.32 Å². The molecule has 0 spiro atoms. The van der Waals surface area contributed by atoms with Crippen LogP contribution in [-0.4, -0.2) is 19.8 Å². The van der Waals surface area contributed by atoms with E-state index in [1.54, 1.807) is 0 Å². The Labute approximate surface area is 116 Å². The van der Waals surface area contributed by atoms with Crippen molar-refractivity contribution in [3.8, 4) is 0 Å². The van der Waals surface area contributed by atoms with Gasteiger partial charge in [0.2, 0.25) is 0 Å². The lowest BCUT2D eigenvalue weighted by molar-refractivity contribution is 0.184. The second-order valence-electron chi connectivity index (χ2n) is 4.44. The lowest BCUT2D eigenvalue weighted by Gasteiger charge is -2.09. The van der Waals surface area contributed by atoms with Gasteiger partial charge in [-0.05, 0) is 58.9 Å². The Morgan fingerprint density at radius 2 is 2.35 bits per heavy atom. The van der Waals surface area contributed by atoms with Crippen molar-refractivity contribution in [1.29, 1.82) is 0 Å². The van der Waals surface area contributed by atoms with Gasteiger partial charge in [0.15, 0.2) is 0 Å². The fourth-order valence-corrected chi connectivity index (χ4v) is 2.54. The van der Waals surface area contributed by atoms with Crippen LogP contribution in [-0.2, 0) is 11.3 Å². The third kappa shape index (κ3) is 4.25. The van der Waals surface area contributed by atoms with Crippen molar-refractivity contribution in [1.82, 2.24) is 5.32 Å². The van der Waals surface area contributed by atoms with Crippen LogP contribution >= 0.6 is 27.5 Å². The van der Waals surface area contributed by atoms with E-state index in [1.807, 2.05) is 6.07 Å². The van der Waals surface area contributed by atoms with E-state index in [0.717, 1.165) is 41.7 Å². The summed E-state index contributed by atoms with van der Waals surface area (Å²) in [6, 6.07) is 6.04. The SMILES string of the molecule is Clc1ccc(CNCCC2CCOC2)cc1Br. The Morgan fingerprint density at radius 3 is 3.06 bits per heavy atom. The average Bonchev–Trinajstić information content (AvgIpc) is 2.82. The highest BCUT2D eigenvalue weighted by molar-refractivity contribution is 9.10. The maximum atomic E-state index is 5.95. The Balaban J connectivity index is 1.68. The molecule has 0 saturated carbocycles. The number of hydrogen-bond acceptors (Lipinski definition) is 2. The molecule has 1 saturated heterocycles. The van der Waals surface area contributed by atoms with Gasteiger partial charge in [0.25, 0.3) is 0 Å². The minimum absolute atomic E-state index is 0.749. The predicted molar refractivity (Wildman–Crippen MR) is 74.4 cm³/mol. The monoisotopic (exact) mass is 317 g/mol. The molecular formula is C13H17BrClNO. The number of ether oxygens (including phenoxy) is 1. The first-order chi connectivity index (χ1) is 8.25. The topological polar surface area (TPSA) is 21.3 Å². The molecule has 1 fully saturated rings. The number of halogens is 2. The number of rotatable bonds is 5. The van der Waals surface area contributed by atoms with Gasteiger partial charge in [-0.25, -0.2) is 0 Å². The van der Waals surface area contributed by atoms with Crippen molar-refractivity contribution in [2.24, 2.45) is 5.92 Å². The third-order valence-electron chi connectivity index (χ3n) is 3.07. The summed E-state index contributed by atoms with van der Waals surface area (Å²) in [5.41, 5.74) is 1.25. The van der Waals surface area contributed by atoms with E-state index in [0.29, 0.717) is 0 Å². The van der Waals surface area contributed by atoms with E-state index in [2.05, 4.69) is 33.4 Å². The molecule has 1 aliphatic rings. The van der Waals surface area contributed by atoms with Crippen LogP contribution in [0.15, 0.2) is 22.7 Å². The van der Waals surface area contributed by atoms with Gasteiger partial charge in [0, 0.05) is 24.2 Å². The molecule has 1 aromatic rings. The molecule has 0 radical (unpaired) electrons. The Morgan fingerprint density at radius 1 is 1.47 bits per heavy atom. The highest BCUT2D eigenvalue weighted by atomic mass is 79.9. The molecule has 2 nitrogen and oxygen atoms in total. The minimum atomic E-state index is 0.749. The summed E-state index contributed by atoms with van der Waals surface area (Å²) in [6.45, 7) is 3.82. The Bertz CT molecular complexity index is 366. The van der Waals surface area contributed by atoms with Gasteiger partial charge in [0.1, 0.15) is 0 Å². The summed E-state index contributed by atoms with van der Waals surface area (Å²) in [5.74, 6) is 0.749. The molecule has 0 aromatic heterocycles. The summed E-state index contributed by atoms with van der Waals surface area (Å²) in [7, 11) is 0. The van der Waals surface area contributed by atoms with Crippen molar-refractivity contribution in [2.45, 2.75) is 19.4 Å². The fourth-order valence-electron chi connectivity index (χ4n) is 2.00. The number of nitrogens with one attached hydrogen (secondary N) is 1. The molecule has 4 heteroatoms. The lowest BCUT2D eigenvalue weighted by Crippen LogP contribution is -2.18. The van der Waals surface area contributed by atoms with Gasteiger partial charge in [-0.15, -0.1) is 0 Å². The zero-order valence-corrected chi connectivity index (χ0v) is 12.1. The normalized spacial score (nSPS) is 19.8. The largest absolute Gasteiger partial charge is 0.381 e. The van der Waals surface area contributed by atoms with E-state index in [4.69, 9.17) is 16.3 Å². The molecule has 1 N–H and O–H groups in total. The molecule has 17 heavy (non-hydrogen) atoms. The molecule has 2 rings (SSSR count). The Hall–Kier alpha value is -0.0900. The summed E-state index contributed by atoms with van der Waals surface area (Å²) in [6.07, 6.45) is 2.42. The second kappa shape index (κ2) is 6.74. The van der Waals surface area contributed by atoms with Crippen LogP contribution in [0.2, 0.25) is 5.02 Å². The van der Waals surface area contributed by atoms with E-state index < -0.39 is 0 Å². The molecule has 0 amide bonds. The van der Waals surface area contributed by atoms with Crippen molar-refractivity contribution < 1.29 is 4.74 Å². The average molecular weight is 319 g/mol. The summed E-state index contributed by atoms with van der Waals surface area (Å²) in [4.78, 5) is 0. The van der Waals surface area contributed by atoms with Gasteiger partial charge in [-0.1, -0.05) is 17.7 Å². The van der Waals surface area contributed by atoms with Crippen LogP contribution in [0.5, 0.6) is 0 Å². The number of hydrogen-bond donors (Lipinski definition) is 1. The van der Waals surface area contributed by atoms with Crippen LogP contribution in [0.1, 0.15) is 18.4 Å². The van der Waals surface area contributed by atoms with Gasteiger partial charge < -0.3 is 10.1 Å². The fraction of sp³-hybridized carbons (Fsp3) is 0.538. The highest BCUT2D eigenvalue weighted by Crippen LogP contribution is 2.23. The summed E-state index contributed by atoms with van der Waals surface area (Å²) >= 11 is 9.38. The second-order valence-corrected chi connectivity index (χ2v) is 5.71. The Kier molecular flexibility index (Phi) is 5.29. The first-order valence-corrected chi connectivity index (χ1v) is 7.15. The van der Waals surface area contributed by atoms with Gasteiger partial charge in [-0.3, -0.25) is 0 Å². The lowest BCUT2D eigenvalue weighted by atomic mass is 10.1. The molecule has 1 aliphatic heterocycles. The quantitative estimate of drug-likeness (QED) is 0.837. The van der Waals surface area contributed by atoms with Crippen LogP contribution in [0.25, 0.3) is 0 Å². The van der Waals surface area contributed by atoms with Crippen LogP contribution in [0.3, 0.4) is 0 Å². The van der Waals surface area contributed by atoms with Crippen LogP contribution in [0, 0.1) is 5.92 Å². The maximum absolute atomic E-state index is 5.95. The minimum Gasteiger partial charge on any atom is -0.381 e. The van der Waals surface area contributed by atoms with Crippen molar-refractivity contribution in [3.05, 3.63) is 33.3 Å². The molecule has 1 heterocycles. The van der Waals surface area contributed by atoms with E-state index in [9.17, 15) is 0 Å². The molecule has 0 aliphatic carbocycles. The first kappa shape index (κ1) is 13.3. The molecular weight excluding hydrogens is 302 g/mol. The summed E-state index contributed by atoms with van der Waals surface area (Å²) < 4.78 is 6.31. The molecule has 1 aromatic carbocycles. The van der Waals surface area contributed by atoms with E-state index in [-0.39, 0.29) is 0 Å². The van der Waals surface area contributed by atoms with Gasteiger partial charge in [-0.2, -0.15) is 0 Å².